The quantitative estimate of drug-likeness (QED) is 0.750. The van der Waals surface area contributed by atoms with Gasteiger partial charge in [-0.2, -0.15) is 0 Å². The van der Waals surface area contributed by atoms with E-state index >= 15 is 0 Å². The minimum absolute atomic E-state index is 0.256. The molecule has 2 atom stereocenters. The molecule has 0 heterocycles. The van der Waals surface area contributed by atoms with Crippen LogP contribution in [0.5, 0.6) is 0 Å². The molecule has 2 rings (SSSR count). The van der Waals surface area contributed by atoms with Crippen molar-refractivity contribution in [2.75, 3.05) is 6.54 Å². The third-order valence-electron chi connectivity index (χ3n) is 6.03. The number of carbonyl (C=O) groups excluding carboxylic acids is 1. The Bertz CT molecular complexity index is 329. The van der Waals surface area contributed by atoms with E-state index in [1.807, 2.05) is 0 Å². The molecule has 0 spiro atoms. The van der Waals surface area contributed by atoms with Crippen LogP contribution >= 0.6 is 0 Å². The number of carbonyl (C=O) groups is 1. The van der Waals surface area contributed by atoms with E-state index in [1.165, 1.54) is 32.1 Å². The molecule has 1 N–H and O–H groups in total. The lowest BCUT2D eigenvalue weighted by atomic mass is 9.58. The van der Waals surface area contributed by atoms with Gasteiger partial charge in [-0.05, 0) is 61.2 Å². The molecule has 0 saturated heterocycles. The first-order valence-electron chi connectivity index (χ1n) is 9.20. The van der Waals surface area contributed by atoms with Gasteiger partial charge in [0.25, 0.3) is 0 Å². The number of fused-ring (bicyclic) bond motifs is 2. The molecule has 0 aromatic heterocycles. The number of nitrogens with one attached hydrogen (secondary N) is 1. The SMILES string of the molecule is CCC(CC)CNC(=O)CC1(C)CC2CC(C)CC(C2)C1. The first kappa shape index (κ1) is 16.8. The lowest BCUT2D eigenvalue weighted by molar-refractivity contribution is -0.124. The summed E-state index contributed by atoms with van der Waals surface area (Å²) in [5, 5.41) is 3.19. The monoisotopic (exact) mass is 293 g/mol. The van der Waals surface area contributed by atoms with Gasteiger partial charge >= 0.3 is 0 Å². The van der Waals surface area contributed by atoms with Gasteiger partial charge in [0.05, 0.1) is 0 Å². The zero-order chi connectivity index (χ0) is 15.5. The molecular weight excluding hydrogens is 258 g/mol. The molecule has 2 saturated carbocycles. The van der Waals surface area contributed by atoms with Crippen LogP contribution < -0.4 is 5.32 Å². The van der Waals surface area contributed by atoms with Crippen LogP contribution in [-0.4, -0.2) is 12.5 Å². The van der Waals surface area contributed by atoms with E-state index < -0.39 is 0 Å². The van der Waals surface area contributed by atoms with Crippen LogP contribution in [0.4, 0.5) is 0 Å². The second kappa shape index (κ2) is 7.15. The Kier molecular flexibility index (Phi) is 5.73. The van der Waals surface area contributed by atoms with Gasteiger partial charge in [0.1, 0.15) is 0 Å². The van der Waals surface area contributed by atoms with Crippen LogP contribution in [0.3, 0.4) is 0 Å². The zero-order valence-electron chi connectivity index (χ0n) is 14.6. The van der Waals surface area contributed by atoms with Crippen LogP contribution in [0, 0.1) is 29.1 Å². The molecule has 0 aromatic carbocycles. The standard InChI is InChI=1S/C19H35NO/c1-5-15(6-2)13-20-18(21)12-19(4)10-16-7-14(3)8-17(9-16)11-19/h14-17H,5-13H2,1-4H3,(H,20,21). The molecular formula is C19H35NO. The highest BCUT2D eigenvalue weighted by molar-refractivity contribution is 5.76. The molecule has 21 heavy (non-hydrogen) atoms. The third kappa shape index (κ3) is 4.72. The lowest BCUT2D eigenvalue weighted by Crippen LogP contribution is -2.40. The number of rotatable bonds is 6. The highest BCUT2D eigenvalue weighted by Crippen LogP contribution is 2.51. The summed E-state index contributed by atoms with van der Waals surface area (Å²) < 4.78 is 0. The molecule has 2 fully saturated rings. The zero-order valence-corrected chi connectivity index (χ0v) is 14.6. The molecule has 2 heteroatoms. The fourth-order valence-corrected chi connectivity index (χ4v) is 5.14. The Morgan fingerprint density at radius 3 is 2.24 bits per heavy atom. The summed E-state index contributed by atoms with van der Waals surface area (Å²) in [7, 11) is 0. The van der Waals surface area contributed by atoms with Crippen molar-refractivity contribution in [3.05, 3.63) is 0 Å². The predicted molar refractivity (Wildman–Crippen MR) is 89.0 cm³/mol. The third-order valence-corrected chi connectivity index (χ3v) is 6.03. The van der Waals surface area contributed by atoms with Gasteiger partial charge in [-0.15, -0.1) is 0 Å². The van der Waals surface area contributed by atoms with Crippen LogP contribution in [0.2, 0.25) is 0 Å². The molecule has 122 valence electrons. The fraction of sp³-hybridized carbons (Fsp3) is 0.947. The van der Waals surface area contributed by atoms with Gasteiger partial charge in [-0.3, -0.25) is 4.79 Å². The molecule has 2 aliphatic rings. The summed E-state index contributed by atoms with van der Waals surface area (Å²) in [6.45, 7) is 10.1. The summed E-state index contributed by atoms with van der Waals surface area (Å²) in [5.41, 5.74) is 0.256. The van der Waals surface area contributed by atoms with Crippen molar-refractivity contribution in [2.45, 2.75) is 79.1 Å². The fourth-order valence-electron chi connectivity index (χ4n) is 5.14. The molecule has 0 aliphatic heterocycles. The minimum Gasteiger partial charge on any atom is -0.356 e. The normalized spacial score (nSPS) is 35.8. The van der Waals surface area contributed by atoms with Crippen molar-refractivity contribution in [1.82, 2.24) is 5.32 Å². The van der Waals surface area contributed by atoms with Gasteiger partial charge in [0.2, 0.25) is 5.91 Å². The molecule has 1 amide bonds. The number of hydrogen-bond donors (Lipinski definition) is 1. The topological polar surface area (TPSA) is 29.1 Å². The largest absolute Gasteiger partial charge is 0.356 e. The van der Waals surface area contributed by atoms with Gasteiger partial charge in [-0.25, -0.2) is 0 Å². The van der Waals surface area contributed by atoms with Gasteiger partial charge in [0.15, 0.2) is 0 Å². The number of hydrogen-bond acceptors (Lipinski definition) is 1. The molecule has 2 aliphatic carbocycles. The van der Waals surface area contributed by atoms with Crippen molar-refractivity contribution in [3.63, 3.8) is 0 Å². The average molecular weight is 293 g/mol. The molecule has 2 bridgehead atoms. The van der Waals surface area contributed by atoms with Gasteiger partial charge < -0.3 is 5.32 Å². The first-order chi connectivity index (χ1) is 9.94. The Labute approximate surface area is 131 Å². The Morgan fingerprint density at radius 2 is 1.71 bits per heavy atom. The maximum Gasteiger partial charge on any atom is 0.220 e. The second-order valence-corrected chi connectivity index (χ2v) is 8.43. The molecule has 2 unspecified atom stereocenters. The van der Waals surface area contributed by atoms with E-state index in [0.717, 1.165) is 43.6 Å². The Hall–Kier alpha value is -0.530. The van der Waals surface area contributed by atoms with Crippen molar-refractivity contribution in [2.24, 2.45) is 29.1 Å². The summed E-state index contributed by atoms with van der Waals surface area (Å²) in [4.78, 5) is 12.3. The summed E-state index contributed by atoms with van der Waals surface area (Å²) >= 11 is 0. The maximum atomic E-state index is 12.3. The second-order valence-electron chi connectivity index (χ2n) is 8.43. The highest BCUT2D eigenvalue weighted by atomic mass is 16.1. The van der Waals surface area contributed by atoms with Gasteiger partial charge in [-0.1, -0.05) is 40.5 Å². The average Bonchev–Trinajstić information content (AvgIpc) is 2.37. The van der Waals surface area contributed by atoms with Crippen LogP contribution in [0.1, 0.15) is 79.1 Å². The van der Waals surface area contributed by atoms with E-state index in [2.05, 4.69) is 33.0 Å². The molecule has 0 aromatic rings. The van der Waals surface area contributed by atoms with E-state index in [-0.39, 0.29) is 11.3 Å². The molecule has 2 nitrogen and oxygen atoms in total. The Balaban J connectivity index is 1.83. The van der Waals surface area contributed by atoms with Gasteiger partial charge in [0, 0.05) is 13.0 Å². The van der Waals surface area contributed by atoms with E-state index in [9.17, 15) is 4.79 Å². The first-order valence-corrected chi connectivity index (χ1v) is 9.20. The highest BCUT2D eigenvalue weighted by Gasteiger charge is 2.41. The number of amides is 1. The molecule has 0 radical (unpaired) electrons. The van der Waals surface area contributed by atoms with Crippen molar-refractivity contribution < 1.29 is 4.79 Å². The summed E-state index contributed by atoms with van der Waals surface area (Å²) in [5.74, 6) is 3.60. The smallest absolute Gasteiger partial charge is 0.220 e. The predicted octanol–water partition coefficient (Wildman–Crippen LogP) is 4.78. The van der Waals surface area contributed by atoms with E-state index in [0.29, 0.717) is 5.92 Å². The maximum absolute atomic E-state index is 12.3. The summed E-state index contributed by atoms with van der Waals surface area (Å²) in [6.07, 6.45) is 9.82. The van der Waals surface area contributed by atoms with Crippen molar-refractivity contribution in [3.8, 4) is 0 Å². The van der Waals surface area contributed by atoms with Crippen molar-refractivity contribution in [1.29, 1.82) is 0 Å². The minimum atomic E-state index is 0.256. The van der Waals surface area contributed by atoms with Crippen LogP contribution in [0.15, 0.2) is 0 Å². The van der Waals surface area contributed by atoms with Crippen molar-refractivity contribution >= 4 is 5.91 Å². The van der Waals surface area contributed by atoms with Crippen LogP contribution in [-0.2, 0) is 4.79 Å². The van der Waals surface area contributed by atoms with E-state index in [1.54, 1.807) is 0 Å². The Morgan fingerprint density at radius 1 is 1.14 bits per heavy atom. The van der Waals surface area contributed by atoms with Crippen LogP contribution in [0.25, 0.3) is 0 Å². The summed E-state index contributed by atoms with van der Waals surface area (Å²) in [6, 6.07) is 0. The van der Waals surface area contributed by atoms with E-state index in [4.69, 9.17) is 0 Å². The lowest BCUT2D eigenvalue weighted by Gasteiger charge is -2.47.